The fourth-order valence-electron chi connectivity index (χ4n) is 3.97. The van der Waals surface area contributed by atoms with Crippen LogP contribution >= 0.6 is 0 Å². The van der Waals surface area contributed by atoms with Gasteiger partial charge >= 0.3 is 0 Å². The van der Waals surface area contributed by atoms with Gasteiger partial charge in [0.15, 0.2) is 0 Å². The second kappa shape index (κ2) is 12.4. The molecule has 2 N–H and O–H groups in total. The zero-order chi connectivity index (χ0) is 24.5. The number of benzene rings is 2. The van der Waals surface area contributed by atoms with Crippen molar-refractivity contribution < 1.29 is 19.1 Å². The van der Waals surface area contributed by atoms with Crippen LogP contribution in [0.3, 0.4) is 0 Å². The summed E-state index contributed by atoms with van der Waals surface area (Å²) in [6.45, 7) is 8.23. The summed E-state index contributed by atoms with van der Waals surface area (Å²) in [5.74, 6) is 1.50. The Kier molecular flexibility index (Phi) is 9.37. The highest BCUT2D eigenvalue weighted by atomic mass is 16.5. The number of anilines is 2. The lowest BCUT2D eigenvalue weighted by molar-refractivity contribution is -0.125. The SMILES string of the molecule is CCC(C)Oc1ccc(NC(=O)C2CCC(C(=O)Nc3ccc(OC(C)CC)cc3)CC2)cc1. The maximum absolute atomic E-state index is 12.7. The van der Waals surface area contributed by atoms with Crippen molar-refractivity contribution in [1.82, 2.24) is 0 Å². The van der Waals surface area contributed by atoms with E-state index in [9.17, 15) is 9.59 Å². The third kappa shape index (κ3) is 7.51. The van der Waals surface area contributed by atoms with Crippen molar-refractivity contribution >= 4 is 23.2 Å². The summed E-state index contributed by atoms with van der Waals surface area (Å²) in [6.07, 6.45) is 5.05. The summed E-state index contributed by atoms with van der Waals surface area (Å²) in [6, 6.07) is 15.0. The zero-order valence-electron chi connectivity index (χ0n) is 20.8. The highest BCUT2D eigenvalue weighted by molar-refractivity contribution is 5.94. The van der Waals surface area contributed by atoms with Crippen molar-refractivity contribution in [2.24, 2.45) is 11.8 Å². The second-order valence-corrected chi connectivity index (χ2v) is 9.25. The molecule has 6 nitrogen and oxygen atoms in total. The molecule has 1 aliphatic rings. The molecule has 0 spiro atoms. The molecule has 0 aromatic heterocycles. The van der Waals surface area contributed by atoms with Crippen LogP contribution in [0.5, 0.6) is 11.5 Å². The van der Waals surface area contributed by atoms with Crippen molar-refractivity contribution in [1.29, 1.82) is 0 Å². The van der Waals surface area contributed by atoms with Gasteiger partial charge in [-0.25, -0.2) is 0 Å². The molecule has 6 heteroatoms. The maximum atomic E-state index is 12.7. The number of rotatable bonds is 10. The van der Waals surface area contributed by atoms with E-state index < -0.39 is 0 Å². The highest BCUT2D eigenvalue weighted by Gasteiger charge is 2.30. The number of carbonyl (C=O) groups is 2. The van der Waals surface area contributed by atoms with Gasteiger partial charge < -0.3 is 20.1 Å². The molecule has 0 bridgehead atoms. The van der Waals surface area contributed by atoms with E-state index in [1.807, 2.05) is 62.4 Å². The Morgan fingerprint density at radius 1 is 0.706 bits per heavy atom. The average molecular weight is 467 g/mol. The van der Waals surface area contributed by atoms with E-state index in [-0.39, 0.29) is 35.9 Å². The van der Waals surface area contributed by atoms with Gasteiger partial charge in [0.1, 0.15) is 11.5 Å². The summed E-state index contributed by atoms with van der Waals surface area (Å²) in [5.41, 5.74) is 1.53. The molecule has 2 atom stereocenters. The Balaban J connectivity index is 1.43. The monoisotopic (exact) mass is 466 g/mol. The van der Waals surface area contributed by atoms with Crippen LogP contribution in [-0.2, 0) is 9.59 Å². The van der Waals surface area contributed by atoms with Gasteiger partial charge in [-0.1, -0.05) is 13.8 Å². The van der Waals surface area contributed by atoms with E-state index in [0.717, 1.165) is 35.7 Å². The average Bonchev–Trinajstić information content (AvgIpc) is 2.86. The van der Waals surface area contributed by atoms with Gasteiger partial charge in [0, 0.05) is 23.2 Å². The molecule has 1 saturated carbocycles. The molecule has 34 heavy (non-hydrogen) atoms. The lowest BCUT2D eigenvalue weighted by atomic mass is 9.81. The van der Waals surface area contributed by atoms with E-state index in [1.54, 1.807) is 0 Å². The summed E-state index contributed by atoms with van der Waals surface area (Å²) in [7, 11) is 0. The van der Waals surface area contributed by atoms with E-state index in [0.29, 0.717) is 25.7 Å². The first-order valence-electron chi connectivity index (χ1n) is 12.5. The largest absolute Gasteiger partial charge is 0.491 e. The minimum atomic E-state index is -0.0722. The molecule has 3 rings (SSSR count). The molecule has 0 radical (unpaired) electrons. The number of hydrogen-bond acceptors (Lipinski definition) is 4. The van der Waals surface area contributed by atoms with Gasteiger partial charge in [-0.2, -0.15) is 0 Å². The van der Waals surface area contributed by atoms with Crippen LogP contribution < -0.4 is 20.1 Å². The predicted molar refractivity (Wildman–Crippen MR) is 136 cm³/mol. The predicted octanol–water partition coefficient (Wildman–Crippen LogP) is 6.42. The van der Waals surface area contributed by atoms with E-state index in [1.165, 1.54) is 0 Å². The van der Waals surface area contributed by atoms with Gasteiger partial charge in [-0.05, 0) is 101 Å². The van der Waals surface area contributed by atoms with Crippen molar-refractivity contribution in [3.05, 3.63) is 48.5 Å². The molecular weight excluding hydrogens is 428 g/mol. The molecule has 1 fully saturated rings. The molecule has 2 aromatic rings. The Morgan fingerprint density at radius 3 is 1.32 bits per heavy atom. The first-order chi connectivity index (χ1) is 16.4. The number of hydrogen-bond donors (Lipinski definition) is 2. The van der Waals surface area contributed by atoms with Crippen LogP contribution in [0, 0.1) is 11.8 Å². The zero-order valence-corrected chi connectivity index (χ0v) is 20.8. The number of ether oxygens (including phenoxy) is 2. The quantitative estimate of drug-likeness (QED) is 0.423. The van der Waals surface area contributed by atoms with Crippen LogP contribution in [0.15, 0.2) is 48.5 Å². The van der Waals surface area contributed by atoms with Crippen molar-refractivity contribution in [2.75, 3.05) is 10.6 Å². The molecule has 2 aromatic carbocycles. The summed E-state index contributed by atoms with van der Waals surface area (Å²) >= 11 is 0. The van der Waals surface area contributed by atoms with Crippen molar-refractivity contribution in [3.8, 4) is 11.5 Å². The van der Waals surface area contributed by atoms with Crippen LogP contribution in [0.2, 0.25) is 0 Å². The summed E-state index contributed by atoms with van der Waals surface area (Å²) < 4.78 is 11.6. The van der Waals surface area contributed by atoms with Gasteiger partial charge in [0.2, 0.25) is 11.8 Å². The topological polar surface area (TPSA) is 76.7 Å². The van der Waals surface area contributed by atoms with E-state index >= 15 is 0 Å². The Hall–Kier alpha value is -3.02. The van der Waals surface area contributed by atoms with Gasteiger partial charge in [0.05, 0.1) is 12.2 Å². The second-order valence-electron chi connectivity index (χ2n) is 9.25. The fourth-order valence-corrected chi connectivity index (χ4v) is 3.97. The van der Waals surface area contributed by atoms with Crippen LogP contribution in [-0.4, -0.2) is 24.0 Å². The van der Waals surface area contributed by atoms with E-state index in [2.05, 4.69) is 24.5 Å². The third-order valence-electron chi connectivity index (χ3n) is 6.54. The van der Waals surface area contributed by atoms with Crippen molar-refractivity contribution in [3.63, 3.8) is 0 Å². The van der Waals surface area contributed by atoms with Crippen LogP contribution in [0.25, 0.3) is 0 Å². The molecule has 0 aliphatic heterocycles. The molecule has 184 valence electrons. The fraction of sp³-hybridized carbons (Fsp3) is 0.500. The van der Waals surface area contributed by atoms with E-state index in [4.69, 9.17) is 9.47 Å². The molecule has 1 aliphatic carbocycles. The molecule has 0 saturated heterocycles. The Morgan fingerprint density at radius 2 is 1.03 bits per heavy atom. The van der Waals surface area contributed by atoms with Gasteiger partial charge in [0.25, 0.3) is 0 Å². The smallest absolute Gasteiger partial charge is 0.227 e. The van der Waals surface area contributed by atoms with Crippen LogP contribution in [0.1, 0.15) is 66.2 Å². The maximum Gasteiger partial charge on any atom is 0.227 e. The normalized spacial score (nSPS) is 19.5. The lowest BCUT2D eigenvalue weighted by Gasteiger charge is -2.27. The third-order valence-corrected chi connectivity index (χ3v) is 6.54. The van der Waals surface area contributed by atoms with Gasteiger partial charge in [-0.3, -0.25) is 9.59 Å². The summed E-state index contributed by atoms with van der Waals surface area (Å²) in [5, 5.41) is 6.01. The minimum Gasteiger partial charge on any atom is -0.491 e. The number of carbonyl (C=O) groups excluding carboxylic acids is 2. The Bertz CT molecular complexity index is 841. The lowest BCUT2D eigenvalue weighted by Crippen LogP contribution is -2.32. The molecule has 2 amide bonds. The highest BCUT2D eigenvalue weighted by Crippen LogP contribution is 2.31. The summed E-state index contributed by atoms with van der Waals surface area (Å²) in [4.78, 5) is 25.4. The minimum absolute atomic E-state index is 0.0198. The van der Waals surface area contributed by atoms with Crippen LogP contribution in [0.4, 0.5) is 11.4 Å². The van der Waals surface area contributed by atoms with Crippen molar-refractivity contribution in [2.45, 2.75) is 78.4 Å². The Labute approximate surface area is 203 Å². The molecule has 2 unspecified atom stereocenters. The molecular formula is C28H38N2O4. The van der Waals surface area contributed by atoms with Gasteiger partial charge in [-0.15, -0.1) is 0 Å². The standard InChI is InChI=1S/C28H38N2O4/c1-5-19(3)33-25-15-11-23(12-16-25)29-27(31)21-7-9-22(10-8-21)28(32)30-24-13-17-26(18-14-24)34-20(4)6-2/h11-22H,5-10H2,1-4H3,(H,29,31)(H,30,32). The first kappa shape index (κ1) is 25.6. The number of amides is 2. The molecule has 0 heterocycles. The number of nitrogens with one attached hydrogen (secondary N) is 2. The first-order valence-corrected chi connectivity index (χ1v) is 12.5.